The van der Waals surface area contributed by atoms with Gasteiger partial charge in [0.25, 0.3) is 17.5 Å². The lowest BCUT2D eigenvalue weighted by Gasteiger charge is -2.18. The normalized spacial score (nSPS) is 26.6. The number of non-ortho nitro benzene ring substituents is 1. The van der Waals surface area contributed by atoms with Crippen LogP contribution in [0.15, 0.2) is 95.1 Å². The molecule has 0 saturated heterocycles. The van der Waals surface area contributed by atoms with E-state index in [-0.39, 0.29) is 17.5 Å². The quantitative estimate of drug-likeness (QED) is 0.405. The first kappa shape index (κ1) is 21.8. The number of carbonyl (C=O) groups excluding carboxylic acids is 2. The summed E-state index contributed by atoms with van der Waals surface area (Å²) in [6.45, 7) is 3.53. The van der Waals surface area contributed by atoms with Crippen LogP contribution in [0.4, 0.5) is 17.1 Å². The van der Waals surface area contributed by atoms with Gasteiger partial charge in [-0.15, -0.1) is 0 Å². The second-order valence-corrected chi connectivity index (χ2v) is 9.17. The van der Waals surface area contributed by atoms with E-state index < -0.39 is 21.7 Å². The Balaban J connectivity index is 1.52. The molecule has 3 aliphatic rings. The molecule has 0 bridgehead atoms. The van der Waals surface area contributed by atoms with Crippen LogP contribution in [0.5, 0.6) is 0 Å². The van der Waals surface area contributed by atoms with Crippen molar-refractivity contribution < 1.29 is 14.5 Å². The smallest absolute Gasteiger partial charge is 0.269 e. The summed E-state index contributed by atoms with van der Waals surface area (Å²) in [6.07, 6.45) is 0. The molecule has 3 aromatic rings. The fourth-order valence-electron chi connectivity index (χ4n) is 6.02. The van der Waals surface area contributed by atoms with E-state index in [2.05, 4.69) is 10.2 Å². The van der Waals surface area contributed by atoms with Crippen LogP contribution in [-0.4, -0.2) is 28.2 Å². The van der Waals surface area contributed by atoms with Crippen molar-refractivity contribution in [1.29, 1.82) is 0 Å². The zero-order valence-corrected chi connectivity index (χ0v) is 19.5. The first-order valence-electron chi connectivity index (χ1n) is 11.5. The second-order valence-electron chi connectivity index (χ2n) is 9.17. The van der Waals surface area contributed by atoms with Gasteiger partial charge in [-0.3, -0.25) is 19.7 Å². The Kier molecular flexibility index (Phi) is 4.50. The van der Waals surface area contributed by atoms with Crippen molar-refractivity contribution in [3.8, 4) is 0 Å². The molecule has 1 unspecified atom stereocenters. The van der Waals surface area contributed by atoms with Crippen LogP contribution >= 0.6 is 0 Å². The Morgan fingerprint density at radius 3 is 1.53 bits per heavy atom. The predicted octanol–water partition coefficient (Wildman–Crippen LogP) is 4.51. The summed E-state index contributed by atoms with van der Waals surface area (Å²) >= 11 is 0. The lowest BCUT2D eigenvalue weighted by atomic mass is 9.85. The van der Waals surface area contributed by atoms with E-state index in [9.17, 15) is 19.7 Å². The van der Waals surface area contributed by atoms with Crippen LogP contribution in [0, 0.1) is 20.9 Å². The van der Waals surface area contributed by atoms with Crippen LogP contribution in [-0.2, 0) is 9.59 Å². The third-order valence-corrected chi connectivity index (χ3v) is 7.54. The van der Waals surface area contributed by atoms with Crippen molar-refractivity contribution in [2.24, 2.45) is 21.0 Å². The molecule has 9 nitrogen and oxygen atoms in total. The van der Waals surface area contributed by atoms with Gasteiger partial charge in [-0.2, -0.15) is 20.2 Å². The number of nitro benzene ring substituents is 1. The standard InChI is InChI=1S/C27H21N5O4/c1-17-26(24(33)30(28-17)20-9-5-3-6-10-20)23(19-13-15-22(16-14-19)32(35)36)27(26)18(2)29-31(25(27)34)21-11-7-4-8-12-21/h3-16,23H,1-2H3/t23?,26-,27+. The van der Waals surface area contributed by atoms with Gasteiger partial charge in [0.05, 0.1) is 27.7 Å². The van der Waals surface area contributed by atoms with Gasteiger partial charge in [-0.1, -0.05) is 48.5 Å². The summed E-state index contributed by atoms with van der Waals surface area (Å²) in [5.41, 5.74) is 0.239. The van der Waals surface area contributed by atoms with Gasteiger partial charge in [0.15, 0.2) is 0 Å². The van der Waals surface area contributed by atoms with Crippen molar-refractivity contribution >= 4 is 40.3 Å². The Morgan fingerprint density at radius 1 is 0.722 bits per heavy atom. The molecule has 2 spiro atoms. The number of fused-ring (bicyclic) bond motifs is 1. The number of hydrogen-bond donors (Lipinski definition) is 0. The molecule has 1 saturated carbocycles. The van der Waals surface area contributed by atoms with Crippen LogP contribution in [0.3, 0.4) is 0 Å². The average Bonchev–Trinajstić information content (AvgIpc) is 3.38. The highest BCUT2D eigenvalue weighted by Crippen LogP contribution is 2.79. The Bertz CT molecular complexity index is 1400. The molecule has 9 heteroatoms. The van der Waals surface area contributed by atoms with Gasteiger partial charge in [0.1, 0.15) is 10.8 Å². The summed E-state index contributed by atoms with van der Waals surface area (Å²) in [5, 5.41) is 23.2. The molecule has 2 heterocycles. The van der Waals surface area contributed by atoms with Crippen LogP contribution in [0.2, 0.25) is 0 Å². The zero-order chi connectivity index (χ0) is 25.2. The Morgan fingerprint density at radius 2 is 1.14 bits per heavy atom. The van der Waals surface area contributed by atoms with E-state index in [0.29, 0.717) is 28.4 Å². The van der Waals surface area contributed by atoms with E-state index in [0.717, 1.165) is 0 Å². The summed E-state index contributed by atoms with van der Waals surface area (Å²) in [5.74, 6) is -1.24. The van der Waals surface area contributed by atoms with E-state index in [1.165, 1.54) is 22.2 Å². The number of benzene rings is 3. The van der Waals surface area contributed by atoms with Crippen LogP contribution < -0.4 is 10.0 Å². The Labute approximate surface area is 206 Å². The SMILES string of the molecule is CC1=NN(c2ccccc2)C(=O)[C@@]12C(c1ccc([N+](=O)[O-])cc1)[C@]21C(=O)N(c2ccccc2)N=C1C. The van der Waals surface area contributed by atoms with Crippen molar-refractivity contribution in [2.75, 3.05) is 10.0 Å². The monoisotopic (exact) mass is 479 g/mol. The number of amides is 2. The molecule has 3 aromatic carbocycles. The highest BCUT2D eigenvalue weighted by Gasteiger charge is 2.91. The van der Waals surface area contributed by atoms with Crippen molar-refractivity contribution in [3.63, 3.8) is 0 Å². The van der Waals surface area contributed by atoms with Crippen LogP contribution in [0.25, 0.3) is 0 Å². The fourth-order valence-corrected chi connectivity index (χ4v) is 6.02. The maximum Gasteiger partial charge on any atom is 0.269 e. The number of anilines is 2. The predicted molar refractivity (Wildman–Crippen MR) is 135 cm³/mol. The average molecular weight is 479 g/mol. The fraction of sp³-hybridized carbons (Fsp3) is 0.185. The van der Waals surface area contributed by atoms with Gasteiger partial charge in [0, 0.05) is 18.1 Å². The number of rotatable bonds is 4. The highest BCUT2D eigenvalue weighted by atomic mass is 16.6. The molecule has 3 atom stereocenters. The molecule has 2 aliphatic heterocycles. The van der Waals surface area contributed by atoms with Crippen molar-refractivity contribution in [3.05, 3.63) is 101 Å². The minimum absolute atomic E-state index is 0.0643. The minimum atomic E-state index is -1.28. The van der Waals surface area contributed by atoms with E-state index >= 15 is 0 Å². The molecule has 1 fully saturated rings. The first-order chi connectivity index (χ1) is 17.3. The lowest BCUT2D eigenvalue weighted by Crippen LogP contribution is -2.40. The van der Waals surface area contributed by atoms with E-state index in [1.807, 2.05) is 36.4 Å². The van der Waals surface area contributed by atoms with Gasteiger partial charge in [-0.05, 0) is 43.7 Å². The highest BCUT2D eigenvalue weighted by molar-refractivity contribution is 6.37. The van der Waals surface area contributed by atoms with Crippen LogP contribution in [0.1, 0.15) is 25.3 Å². The summed E-state index contributed by atoms with van der Waals surface area (Å²) < 4.78 is 0. The lowest BCUT2D eigenvalue weighted by molar-refractivity contribution is -0.384. The topological polar surface area (TPSA) is 108 Å². The minimum Gasteiger partial charge on any atom is -0.271 e. The number of nitrogens with zero attached hydrogens (tertiary/aromatic N) is 5. The second kappa shape index (κ2) is 7.42. The zero-order valence-electron chi connectivity index (χ0n) is 19.5. The van der Waals surface area contributed by atoms with Gasteiger partial charge in [0.2, 0.25) is 0 Å². The number of nitro groups is 1. The molecular weight excluding hydrogens is 458 g/mol. The molecule has 0 aromatic heterocycles. The van der Waals surface area contributed by atoms with E-state index in [4.69, 9.17) is 0 Å². The summed E-state index contributed by atoms with van der Waals surface area (Å²) in [4.78, 5) is 39.2. The number of hydrogen-bond acceptors (Lipinski definition) is 6. The largest absolute Gasteiger partial charge is 0.271 e. The maximum atomic E-state index is 14.2. The van der Waals surface area contributed by atoms with Crippen molar-refractivity contribution in [2.45, 2.75) is 19.8 Å². The third-order valence-electron chi connectivity index (χ3n) is 7.54. The maximum absolute atomic E-state index is 14.2. The number of para-hydroxylation sites is 2. The third kappa shape index (κ3) is 2.54. The molecular formula is C27H21N5O4. The molecule has 178 valence electrons. The molecule has 0 N–H and O–H groups in total. The molecule has 36 heavy (non-hydrogen) atoms. The van der Waals surface area contributed by atoms with E-state index in [1.54, 1.807) is 50.2 Å². The number of carbonyl (C=O) groups is 2. The first-order valence-corrected chi connectivity index (χ1v) is 11.5. The molecule has 6 rings (SSSR count). The Hall–Kier alpha value is -4.66. The van der Waals surface area contributed by atoms with Gasteiger partial charge >= 0.3 is 0 Å². The van der Waals surface area contributed by atoms with Gasteiger partial charge in [-0.25, -0.2) is 0 Å². The van der Waals surface area contributed by atoms with Crippen molar-refractivity contribution in [1.82, 2.24) is 0 Å². The summed E-state index contributed by atoms with van der Waals surface area (Å²) in [7, 11) is 0. The van der Waals surface area contributed by atoms with Gasteiger partial charge < -0.3 is 0 Å². The molecule has 2 amide bonds. The molecule has 1 aliphatic carbocycles. The summed E-state index contributed by atoms with van der Waals surface area (Å²) in [6, 6.07) is 24.2. The molecule has 0 radical (unpaired) electrons. The number of hydrazone groups is 2.